The normalized spacial score (nSPS) is 12.6. The summed E-state index contributed by atoms with van der Waals surface area (Å²) in [6, 6.07) is 0.402. The summed E-state index contributed by atoms with van der Waals surface area (Å²) in [7, 11) is 0. The molecule has 0 aromatic heterocycles. The highest BCUT2D eigenvalue weighted by Crippen LogP contribution is 2.36. The summed E-state index contributed by atoms with van der Waals surface area (Å²) in [6.07, 6.45) is -0.910. The molecule has 0 heterocycles. The first-order valence-electron chi connectivity index (χ1n) is 6.81. The first kappa shape index (κ1) is 19.8. The number of ether oxygens (including phenoxy) is 1. The molecule has 0 saturated heterocycles. The number of alkyl carbamates (subject to hydrolysis) is 1. The van der Waals surface area contributed by atoms with Crippen molar-refractivity contribution in [1.29, 1.82) is 0 Å². The van der Waals surface area contributed by atoms with E-state index in [9.17, 15) is 19.8 Å². The lowest BCUT2D eigenvalue weighted by Crippen LogP contribution is -2.44. The Kier molecular flexibility index (Phi) is 6.47. The molecule has 1 aromatic rings. The van der Waals surface area contributed by atoms with E-state index in [0.717, 1.165) is 10.0 Å². The third-order valence-electron chi connectivity index (χ3n) is 2.91. The van der Waals surface area contributed by atoms with Gasteiger partial charge in [-0.15, -0.1) is 0 Å². The van der Waals surface area contributed by atoms with E-state index in [-0.39, 0.29) is 12.2 Å². The minimum Gasteiger partial charge on any atom is -0.506 e. The van der Waals surface area contributed by atoms with Crippen molar-refractivity contribution in [3.05, 3.63) is 26.1 Å². The molecule has 8 heteroatoms. The fraction of sp³-hybridized carbons (Fsp3) is 0.467. The number of carboxylic acids is 1. The van der Waals surface area contributed by atoms with E-state index in [4.69, 9.17) is 4.74 Å². The van der Waals surface area contributed by atoms with Crippen LogP contribution in [0.4, 0.5) is 4.79 Å². The van der Waals surface area contributed by atoms with Crippen LogP contribution in [0, 0.1) is 6.92 Å². The van der Waals surface area contributed by atoms with Gasteiger partial charge >= 0.3 is 12.1 Å². The number of nitrogens with one attached hydrogen (secondary N) is 1. The number of rotatable bonds is 4. The van der Waals surface area contributed by atoms with Crippen molar-refractivity contribution in [1.82, 2.24) is 5.32 Å². The van der Waals surface area contributed by atoms with Gasteiger partial charge in [0.2, 0.25) is 0 Å². The number of hydrogen-bond acceptors (Lipinski definition) is 4. The van der Waals surface area contributed by atoms with Crippen molar-refractivity contribution in [2.24, 2.45) is 0 Å². The van der Waals surface area contributed by atoms with Gasteiger partial charge in [-0.3, -0.25) is 0 Å². The highest BCUT2D eigenvalue weighted by atomic mass is 79.9. The Morgan fingerprint density at radius 2 is 1.91 bits per heavy atom. The lowest BCUT2D eigenvalue weighted by Gasteiger charge is -2.22. The van der Waals surface area contributed by atoms with Crippen LogP contribution in [-0.4, -0.2) is 33.9 Å². The molecule has 23 heavy (non-hydrogen) atoms. The SMILES string of the molecule is Cc1c(Br)cc(CC(NC(=O)OC(C)(C)C)C(=O)O)c(O)c1Br. The minimum absolute atomic E-state index is 0.0528. The number of aliphatic carboxylic acids is 1. The molecule has 128 valence electrons. The van der Waals surface area contributed by atoms with Crippen molar-refractivity contribution >= 4 is 43.9 Å². The Morgan fingerprint density at radius 3 is 2.39 bits per heavy atom. The molecule has 1 aromatic carbocycles. The van der Waals surface area contributed by atoms with Gasteiger partial charge in [-0.1, -0.05) is 15.9 Å². The lowest BCUT2D eigenvalue weighted by molar-refractivity contribution is -0.139. The number of halogens is 2. The smallest absolute Gasteiger partial charge is 0.408 e. The molecule has 0 saturated carbocycles. The summed E-state index contributed by atoms with van der Waals surface area (Å²) in [5, 5.41) is 21.7. The first-order chi connectivity index (χ1) is 10.4. The topological polar surface area (TPSA) is 95.9 Å². The molecule has 0 bridgehead atoms. The summed E-state index contributed by atoms with van der Waals surface area (Å²) >= 11 is 6.61. The van der Waals surface area contributed by atoms with Gasteiger partial charge in [0.05, 0.1) is 4.47 Å². The molecule has 0 aliphatic rings. The Labute approximate surface area is 151 Å². The third-order valence-corrected chi connectivity index (χ3v) is 4.71. The van der Waals surface area contributed by atoms with Gasteiger partial charge in [-0.25, -0.2) is 9.59 Å². The number of phenols is 1. The number of benzene rings is 1. The van der Waals surface area contributed by atoms with Crippen molar-refractivity contribution in [2.45, 2.75) is 45.8 Å². The maximum atomic E-state index is 11.8. The summed E-state index contributed by atoms with van der Waals surface area (Å²) in [4.78, 5) is 23.1. The van der Waals surface area contributed by atoms with E-state index in [1.807, 2.05) is 0 Å². The van der Waals surface area contributed by atoms with Gasteiger partial charge in [0.1, 0.15) is 17.4 Å². The fourth-order valence-corrected chi connectivity index (χ4v) is 2.99. The average Bonchev–Trinajstić information content (AvgIpc) is 2.39. The molecule has 0 radical (unpaired) electrons. The molecule has 0 aliphatic heterocycles. The molecule has 3 N–H and O–H groups in total. The molecular formula is C15H19Br2NO5. The Morgan fingerprint density at radius 1 is 1.35 bits per heavy atom. The van der Waals surface area contributed by atoms with Crippen molar-refractivity contribution in [2.75, 3.05) is 0 Å². The highest BCUT2D eigenvalue weighted by Gasteiger charge is 2.26. The van der Waals surface area contributed by atoms with Gasteiger partial charge in [0, 0.05) is 10.9 Å². The van der Waals surface area contributed by atoms with E-state index < -0.39 is 23.7 Å². The maximum absolute atomic E-state index is 11.8. The van der Waals surface area contributed by atoms with Crippen LogP contribution in [0.1, 0.15) is 31.9 Å². The second-order valence-corrected chi connectivity index (χ2v) is 7.69. The molecule has 6 nitrogen and oxygen atoms in total. The predicted octanol–water partition coefficient (Wildman–Crippen LogP) is 3.75. The van der Waals surface area contributed by atoms with Crippen LogP contribution in [0.15, 0.2) is 15.0 Å². The number of amides is 1. The molecule has 1 rings (SSSR count). The molecule has 1 amide bonds. The number of carbonyl (C=O) groups is 2. The van der Waals surface area contributed by atoms with Crippen LogP contribution in [0.25, 0.3) is 0 Å². The number of hydrogen-bond donors (Lipinski definition) is 3. The zero-order chi connectivity index (χ0) is 17.9. The van der Waals surface area contributed by atoms with Crippen LogP contribution < -0.4 is 5.32 Å². The first-order valence-corrected chi connectivity index (χ1v) is 8.39. The predicted molar refractivity (Wildman–Crippen MR) is 92.7 cm³/mol. The van der Waals surface area contributed by atoms with Gasteiger partial charge < -0.3 is 20.3 Å². The number of phenolic OH excluding ortho intramolecular Hbond substituents is 1. The van der Waals surface area contributed by atoms with E-state index in [2.05, 4.69) is 37.2 Å². The van der Waals surface area contributed by atoms with Gasteiger partial charge in [0.15, 0.2) is 0 Å². The van der Waals surface area contributed by atoms with Crippen molar-refractivity contribution < 1.29 is 24.5 Å². The van der Waals surface area contributed by atoms with Crippen LogP contribution in [-0.2, 0) is 16.0 Å². The number of carboxylic acid groups (broad SMARTS) is 1. The minimum atomic E-state index is -1.22. The second-order valence-electron chi connectivity index (χ2n) is 6.05. The summed E-state index contributed by atoms with van der Waals surface area (Å²) in [5.41, 5.74) is 0.446. The van der Waals surface area contributed by atoms with Gasteiger partial charge in [-0.05, 0) is 60.8 Å². The zero-order valence-corrected chi connectivity index (χ0v) is 16.4. The molecular weight excluding hydrogens is 434 g/mol. The Bertz CT molecular complexity index is 625. The zero-order valence-electron chi connectivity index (χ0n) is 13.2. The number of aromatic hydroxyl groups is 1. The van der Waals surface area contributed by atoms with Crippen LogP contribution in [0.5, 0.6) is 5.75 Å². The van der Waals surface area contributed by atoms with E-state index in [0.29, 0.717) is 10.0 Å². The number of carbonyl (C=O) groups excluding carboxylic acids is 1. The van der Waals surface area contributed by atoms with Crippen LogP contribution in [0.3, 0.4) is 0 Å². The van der Waals surface area contributed by atoms with E-state index in [1.165, 1.54) is 0 Å². The lowest BCUT2D eigenvalue weighted by atomic mass is 10.0. The summed E-state index contributed by atoms with van der Waals surface area (Å²) < 4.78 is 6.25. The Hall–Kier alpha value is -1.28. The molecule has 1 unspecified atom stereocenters. The van der Waals surface area contributed by atoms with E-state index >= 15 is 0 Å². The quantitative estimate of drug-likeness (QED) is 0.646. The molecule has 1 atom stereocenters. The average molecular weight is 453 g/mol. The van der Waals surface area contributed by atoms with Crippen molar-refractivity contribution in [3.8, 4) is 5.75 Å². The second kappa shape index (κ2) is 7.53. The van der Waals surface area contributed by atoms with E-state index in [1.54, 1.807) is 33.8 Å². The van der Waals surface area contributed by atoms with Crippen LogP contribution >= 0.6 is 31.9 Å². The molecule has 0 fully saturated rings. The molecule has 0 spiro atoms. The fourth-order valence-electron chi connectivity index (χ4n) is 1.78. The maximum Gasteiger partial charge on any atom is 0.408 e. The summed E-state index contributed by atoms with van der Waals surface area (Å²) in [5.74, 6) is -1.27. The van der Waals surface area contributed by atoms with Crippen molar-refractivity contribution in [3.63, 3.8) is 0 Å². The largest absolute Gasteiger partial charge is 0.506 e. The third kappa shape index (κ3) is 5.69. The highest BCUT2D eigenvalue weighted by molar-refractivity contribution is 9.11. The van der Waals surface area contributed by atoms with Crippen LogP contribution in [0.2, 0.25) is 0 Å². The van der Waals surface area contributed by atoms with Gasteiger partial charge in [-0.2, -0.15) is 0 Å². The Balaban J connectivity index is 2.98. The monoisotopic (exact) mass is 451 g/mol. The van der Waals surface area contributed by atoms with Gasteiger partial charge in [0.25, 0.3) is 0 Å². The molecule has 0 aliphatic carbocycles. The summed E-state index contributed by atoms with van der Waals surface area (Å²) in [6.45, 7) is 6.85. The standard InChI is InChI=1S/C15H19Br2NO5/c1-7-9(16)5-8(12(19)11(7)17)6-10(13(20)21)18-14(22)23-15(2,3)4/h5,10,19H,6H2,1-4H3,(H,18,22)(H,20,21).